The van der Waals surface area contributed by atoms with Gasteiger partial charge < -0.3 is 5.73 Å². The molecule has 1 aromatic carbocycles. The number of nitrogens with two attached hydrogens (primary N) is 1. The van der Waals surface area contributed by atoms with E-state index in [9.17, 15) is 8.78 Å². The second-order valence-electron chi connectivity index (χ2n) is 5.43. The maximum Gasteiger partial charge on any atom is 0.163 e. The van der Waals surface area contributed by atoms with E-state index in [1.165, 1.54) is 16.5 Å². The Kier molecular flexibility index (Phi) is 4.33. The molecule has 1 aliphatic rings. The number of rotatable bonds is 4. The molecule has 1 aromatic heterocycles. The molecule has 2 nitrogen and oxygen atoms in total. The van der Waals surface area contributed by atoms with Crippen molar-refractivity contribution >= 4 is 11.3 Å². The molecule has 0 saturated carbocycles. The molecule has 2 aromatic rings. The zero-order valence-electron chi connectivity index (χ0n) is 11.7. The fourth-order valence-corrected chi connectivity index (χ4v) is 3.67. The van der Waals surface area contributed by atoms with Crippen LogP contribution in [0.3, 0.4) is 0 Å². The molecule has 2 heterocycles. The summed E-state index contributed by atoms with van der Waals surface area (Å²) in [5.41, 5.74) is 7.68. The van der Waals surface area contributed by atoms with Gasteiger partial charge in [0.2, 0.25) is 0 Å². The van der Waals surface area contributed by atoms with Crippen LogP contribution in [0.2, 0.25) is 0 Å². The average Bonchev–Trinajstić information content (AvgIpc) is 2.95. The highest BCUT2D eigenvalue weighted by Crippen LogP contribution is 2.25. The largest absolute Gasteiger partial charge is 0.324 e. The second-order valence-corrected chi connectivity index (χ2v) is 6.43. The minimum absolute atomic E-state index is 0.267. The van der Waals surface area contributed by atoms with Crippen molar-refractivity contribution < 1.29 is 8.78 Å². The van der Waals surface area contributed by atoms with Crippen molar-refractivity contribution in [2.75, 3.05) is 13.1 Å². The lowest BCUT2D eigenvalue weighted by Crippen LogP contribution is -2.32. The summed E-state index contributed by atoms with van der Waals surface area (Å²) in [7, 11) is 0. The van der Waals surface area contributed by atoms with Crippen molar-refractivity contribution in [2.24, 2.45) is 5.73 Å². The molecule has 0 saturated heterocycles. The van der Waals surface area contributed by atoms with Gasteiger partial charge in [-0.1, -0.05) is 12.1 Å². The Morgan fingerprint density at radius 3 is 3.00 bits per heavy atom. The third-order valence-corrected chi connectivity index (χ3v) is 5.05. The zero-order chi connectivity index (χ0) is 14.8. The molecule has 0 bridgehead atoms. The first-order chi connectivity index (χ1) is 10.1. The minimum atomic E-state index is -0.830. The van der Waals surface area contributed by atoms with E-state index in [0.717, 1.165) is 32.1 Å². The second kappa shape index (κ2) is 6.22. The van der Waals surface area contributed by atoms with E-state index in [0.29, 0.717) is 6.42 Å². The lowest BCUT2D eigenvalue weighted by molar-refractivity contribution is 0.245. The topological polar surface area (TPSA) is 29.3 Å². The number of fused-ring (bicyclic) bond motifs is 1. The van der Waals surface area contributed by atoms with Crippen molar-refractivity contribution in [2.45, 2.75) is 25.4 Å². The van der Waals surface area contributed by atoms with Crippen molar-refractivity contribution in [1.29, 1.82) is 0 Å². The first-order valence-corrected chi connectivity index (χ1v) is 8.00. The van der Waals surface area contributed by atoms with E-state index in [4.69, 9.17) is 5.73 Å². The van der Waals surface area contributed by atoms with E-state index < -0.39 is 17.7 Å². The third-order valence-electron chi connectivity index (χ3n) is 4.02. The van der Waals surface area contributed by atoms with Gasteiger partial charge >= 0.3 is 0 Å². The fraction of sp³-hybridized carbons (Fsp3) is 0.375. The smallest absolute Gasteiger partial charge is 0.163 e. The quantitative estimate of drug-likeness (QED) is 0.937. The van der Waals surface area contributed by atoms with Crippen LogP contribution in [0.5, 0.6) is 0 Å². The van der Waals surface area contributed by atoms with Crippen molar-refractivity contribution in [3.8, 4) is 0 Å². The minimum Gasteiger partial charge on any atom is -0.324 e. The van der Waals surface area contributed by atoms with Crippen LogP contribution in [-0.4, -0.2) is 18.0 Å². The molecular formula is C16H18F2N2S. The molecule has 0 aliphatic carbocycles. The van der Waals surface area contributed by atoms with Gasteiger partial charge in [0.1, 0.15) is 0 Å². The number of benzene rings is 1. The highest BCUT2D eigenvalue weighted by Gasteiger charge is 2.19. The summed E-state index contributed by atoms with van der Waals surface area (Å²) in [6, 6.07) is 5.89. The van der Waals surface area contributed by atoms with Gasteiger partial charge in [0, 0.05) is 36.1 Å². The zero-order valence-corrected chi connectivity index (χ0v) is 12.5. The van der Waals surface area contributed by atoms with Crippen molar-refractivity contribution in [3.05, 3.63) is 57.3 Å². The van der Waals surface area contributed by atoms with Crippen molar-refractivity contribution in [1.82, 2.24) is 4.90 Å². The number of halogens is 2. The molecular weight excluding hydrogens is 290 g/mol. The van der Waals surface area contributed by atoms with Gasteiger partial charge in [0.25, 0.3) is 0 Å². The summed E-state index contributed by atoms with van der Waals surface area (Å²) in [6.07, 6.45) is 1.69. The SMILES string of the molecule is NC(CCN1CCc2sccc2C1)c1cccc(F)c1F. The summed E-state index contributed by atoms with van der Waals surface area (Å²) in [5, 5.41) is 2.13. The number of hydrogen-bond donors (Lipinski definition) is 1. The Morgan fingerprint density at radius 1 is 1.29 bits per heavy atom. The summed E-state index contributed by atoms with van der Waals surface area (Å²) in [4.78, 5) is 3.79. The van der Waals surface area contributed by atoms with Gasteiger partial charge in [-0.2, -0.15) is 0 Å². The van der Waals surface area contributed by atoms with Gasteiger partial charge in [-0.05, 0) is 35.9 Å². The normalized spacial score (nSPS) is 16.7. The molecule has 0 fully saturated rings. The molecule has 0 amide bonds. The molecule has 21 heavy (non-hydrogen) atoms. The van der Waals surface area contributed by atoms with Crippen molar-refractivity contribution in [3.63, 3.8) is 0 Å². The maximum atomic E-state index is 13.7. The van der Waals surface area contributed by atoms with Gasteiger partial charge in [-0.15, -0.1) is 11.3 Å². The van der Waals surface area contributed by atoms with Gasteiger partial charge in [-0.25, -0.2) is 8.78 Å². The Bertz CT molecular complexity index is 626. The summed E-state index contributed by atoms with van der Waals surface area (Å²) >= 11 is 1.81. The van der Waals surface area contributed by atoms with Crippen LogP contribution in [0.15, 0.2) is 29.6 Å². The van der Waals surface area contributed by atoms with E-state index in [2.05, 4.69) is 16.3 Å². The Balaban J connectivity index is 1.59. The van der Waals surface area contributed by atoms with Crippen LogP contribution in [0, 0.1) is 11.6 Å². The van der Waals surface area contributed by atoms with Crippen LogP contribution in [0.25, 0.3) is 0 Å². The van der Waals surface area contributed by atoms with Gasteiger partial charge in [0.15, 0.2) is 11.6 Å². The lowest BCUT2D eigenvalue weighted by atomic mass is 10.0. The summed E-state index contributed by atoms with van der Waals surface area (Å²) in [5.74, 6) is -1.65. The molecule has 1 aliphatic heterocycles. The van der Waals surface area contributed by atoms with Crippen LogP contribution < -0.4 is 5.73 Å². The Morgan fingerprint density at radius 2 is 2.14 bits per heavy atom. The molecule has 2 N–H and O–H groups in total. The first-order valence-electron chi connectivity index (χ1n) is 7.12. The monoisotopic (exact) mass is 308 g/mol. The third kappa shape index (κ3) is 3.15. The van der Waals surface area contributed by atoms with Crippen LogP contribution in [-0.2, 0) is 13.0 Å². The summed E-state index contributed by atoms with van der Waals surface area (Å²) < 4.78 is 26.9. The molecule has 0 spiro atoms. The standard InChI is InChI=1S/C16H18F2N2S/c17-13-3-1-2-12(16(13)18)14(19)4-7-20-8-5-15-11(10-20)6-9-21-15/h1-3,6,9,14H,4-5,7-8,10,19H2. The molecule has 0 radical (unpaired) electrons. The number of hydrogen-bond acceptors (Lipinski definition) is 3. The van der Waals surface area contributed by atoms with E-state index >= 15 is 0 Å². The molecule has 3 rings (SSSR count). The predicted octanol–water partition coefficient (Wildman–Crippen LogP) is 3.47. The lowest BCUT2D eigenvalue weighted by Gasteiger charge is -2.27. The van der Waals surface area contributed by atoms with Gasteiger partial charge in [0.05, 0.1) is 0 Å². The Labute approximate surface area is 127 Å². The molecule has 1 atom stereocenters. The predicted molar refractivity (Wildman–Crippen MR) is 81.2 cm³/mol. The maximum absolute atomic E-state index is 13.7. The Hall–Kier alpha value is -1.30. The van der Waals surface area contributed by atoms with E-state index in [1.807, 2.05) is 11.3 Å². The fourth-order valence-electron chi connectivity index (χ4n) is 2.78. The van der Waals surface area contributed by atoms with Crippen LogP contribution >= 0.6 is 11.3 Å². The molecule has 112 valence electrons. The number of thiophene rings is 1. The summed E-state index contributed by atoms with van der Waals surface area (Å²) in [6.45, 7) is 2.73. The highest BCUT2D eigenvalue weighted by atomic mass is 32.1. The average molecular weight is 308 g/mol. The highest BCUT2D eigenvalue weighted by molar-refractivity contribution is 7.10. The van der Waals surface area contributed by atoms with E-state index in [-0.39, 0.29) is 5.56 Å². The molecule has 1 unspecified atom stereocenters. The number of nitrogens with zero attached hydrogens (tertiary/aromatic N) is 1. The van der Waals surface area contributed by atoms with Crippen LogP contribution in [0.4, 0.5) is 8.78 Å². The van der Waals surface area contributed by atoms with E-state index in [1.54, 1.807) is 6.07 Å². The van der Waals surface area contributed by atoms with Gasteiger partial charge in [-0.3, -0.25) is 4.90 Å². The molecule has 5 heteroatoms. The first kappa shape index (κ1) is 14.6. The van der Waals surface area contributed by atoms with Crippen LogP contribution in [0.1, 0.15) is 28.5 Å².